The van der Waals surface area contributed by atoms with Gasteiger partial charge in [0, 0.05) is 0 Å². The number of unbranched alkanes of at least 4 members (excludes halogenated alkanes) is 11. The zero-order chi connectivity index (χ0) is 18.3. The first-order chi connectivity index (χ1) is 11.4. The van der Waals surface area contributed by atoms with Crippen LogP contribution in [0.1, 0.15) is 110 Å². The standard InChI is InChI=1S/C19H40O4S.Na/c1-3-5-7-9-11-12-14-16-18(20)19(24(21,22)23)17-15-13-10-8-6-4-2;/h18-20H,3-17H2,1-2H3,(H,21,22,23);/q;+1/p-1. The summed E-state index contributed by atoms with van der Waals surface area (Å²) in [6, 6.07) is 0. The van der Waals surface area contributed by atoms with Crippen molar-refractivity contribution in [2.75, 3.05) is 0 Å². The fraction of sp³-hybridized carbons (Fsp3) is 1.00. The van der Waals surface area contributed by atoms with Crippen LogP contribution in [0.5, 0.6) is 0 Å². The summed E-state index contributed by atoms with van der Waals surface area (Å²) in [5.41, 5.74) is 0. The van der Waals surface area contributed by atoms with Crippen LogP contribution in [0.15, 0.2) is 0 Å². The zero-order valence-corrected chi connectivity index (χ0v) is 19.7. The van der Waals surface area contributed by atoms with Crippen molar-refractivity contribution >= 4 is 10.1 Å². The Morgan fingerprint density at radius 1 is 0.720 bits per heavy atom. The summed E-state index contributed by atoms with van der Waals surface area (Å²) >= 11 is 0. The first-order valence-corrected chi connectivity index (χ1v) is 11.5. The third kappa shape index (κ3) is 16.7. The summed E-state index contributed by atoms with van der Waals surface area (Å²) in [5.74, 6) is 0. The summed E-state index contributed by atoms with van der Waals surface area (Å²) in [5, 5.41) is 9.03. The van der Waals surface area contributed by atoms with Gasteiger partial charge in [0.25, 0.3) is 0 Å². The van der Waals surface area contributed by atoms with Crippen molar-refractivity contribution in [1.82, 2.24) is 0 Å². The summed E-state index contributed by atoms with van der Waals surface area (Å²) in [7, 11) is -4.42. The molecule has 146 valence electrons. The SMILES string of the molecule is CCCCCCCCCC(O)C(CCCCCCCC)S(=O)(=O)[O-].[Na+]. The van der Waals surface area contributed by atoms with Crippen LogP contribution < -0.4 is 29.6 Å². The molecule has 0 saturated heterocycles. The van der Waals surface area contributed by atoms with Gasteiger partial charge in [0.15, 0.2) is 0 Å². The van der Waals surface area contributed by atoms with Crippen molar-refractivity contribution in [1.29, 1.82) is 0 Å². The minimum Gasteiger partial charge on any atom is -0.748 e. The van der Waals surface area contributed by atoms with E-state index in [-0.39, 0.29) is 29.6 Å². The molecule has 4 nitrogen and oxygen atoms in total. The predicted molar refractivity (Wildman–Crippen MR) is 100 cm³/mol. The van der Waals surface area contributed by atoms with Crippen LogP contribution in [0.4, 0.5) is 0 Å². The van der Waals surface area contributed by atoms with Crippen LogP contribution in [-0.2, 0) is 10.1 Å². The molecule has 0 fully saturated rings. The van der Waals surface area contributed by atoms with E-state index in [1.807, 2.05) is 0 Å². The van der Waals surface area contributed by atoms with Gasteiger partial charge in [0.1, 0.15) is 10.1 Å². The molecule has 6 heteroatoms. The summed E-state index contributed by atoms with van der Waals surface area (Å²) in [4.78, 5) is 0. The number of aliphatic hydroxyl groups excluding tert-OH is 1. The van der Waals surface area contributed by atoms with Gasteiger partial charge in [0.2, 0.25) is 0 Å². The van der Waals surface area contributed by atoms with Crippen molar-refractivity contribution in [3.63, 3.8) is 0 Å². The molecule has 0 aromatic rings. The van der Waals surface area contributed by atoms with Crippen molar-refractivity contribution in [2.24, 2.45) is 0 Å². The molecule has 0 bridgehead atoms. The van der Waals surface area contributed by atoms with E-state index in [9.17, 15) is 18.1 Å². The number of rotatable bonds is 17. The predicted octanol–water partition coefficient (Wildman–Crippen LogP) is 2.16. The van der Waals surface area contributed by atoms with E-state index in [4.69, 9.17) is 0 Å². The number of hydrogen-bond acceptors (Lipinski definition) is 4. The molecule has 0 aromatic carbocycles. The second-order valence-electron chi connectivity index (χ2n) is 7.07. The van der Waals surface area contributed by atoms with Crippen LogP contribution in [0.3, 0.4) is 0 Å². The Morgan fingerprint density at radius 3 is 1.48 bits per heavy atom. The molecule has 0 radical (unpaired) electrons. The van der Waals surface area contributed by atoms with Crippen LogP contribution in [0.25, 0.3) is 0 Å². The minimum absolute atomic E-state index is 0. The Hall–Kier alpha value is 0.870. The van der Waals surface area contributed by atoms with E-state index in [0.29, 0.717) is 19.3 Å². The molecule has 0 spiro atoms. The Bertz CT molecular complexity index is 374. The monoisotopic (exact) mass is 386 g/mol. The van der Waals surface area contributed by atoms with E-state index >= 15 is 0 Å². The van der Waals surface area contributed by atoms with Gasteiger partial charge >= 0.3 is 29.6 Å². The van der Waals surface area contributed by atoms with Crippen molar-refractivity contribution in [3.8, 4) is 0 Å². The normalized spacial score (nSPS) is 14.1. The van der Waals surface area contributed by atoms with Gasteiger partial charge in [-0.1, -0.05) is 97.3 Å². The average Bonchev–Trinajstić information content (AvgIpc) is 2.52. The van der Waals surface area contributed by atoms with Crippen molar-refractivity contribution < 1.29 is 47.6 Å². The second kappa shape index (κ2) is 18.2. The molecule has 0 amide bonds. The summed E-state index contributed by atoms with van der Waals surface area (Å²) in [6.45, 7) is 4.34. The zero-order valence-electron chi connectivity index (χ0n) is 16.8. The van der Waals surface area contributed by atoms with Gasteiger partial charge in [0.05, 0.1) is 11.4 Å². The molecule has 0 aliphatic heterocycles. The molecule has 0 aromatic heterocycles. The molecular weight excluding hydrogens is 347 g/mol. The molecule has 0 aliphatic carbocycles. The average molecular weight is 387 g/mol. The smallest absolute Gasteiger partial charge is 0.748 e. The van der Waals surface area contributed by atoms with E-state index < -0.39 is 21.5 Å². The van der Waals surface area contributed by atoms with Crippen molar-refractivity contribution in [2.45, 2.75) is 122 Å². The minimum atomic E-state index is -4.42. The molecule has 2 atom stereocenters. The van der Waals surface area contributed by atoms with Crippen molar-refractivity contribution in [3.05, 3.63) is 0 Å². The first-order valence-electron chi connectivity index (χ1n) is 10.1. The maximum absolute atomic E-state index is 11.4. The quantitative estimate of drug-likeness (QED) is 0.236. The largest absolute Gasteiger partial charge is 1.00 e. The molecule has 1 N–H and O–H groups in total. The molecule has 0 saturated carbocycles. The van der Waals surface area contributed by atoms with Crippen LogP contribution in [-0.4, -0.2) is 29.4 Å². The van der Waals surface area contributed by atoms with Gasteiger partial charge in [-0.05, 0) is 12.8 Å². The van der Waals surface area contributed by atoms with Gasteiger partial charge < -0.3 is 9.66 Å². The fourth-order valence-corrected chi connectivity index (χ4v) is 4.13. The molecule has 0 rings (SSSR count). The maximum atomic E-state index is 11.4. The third-order valence-electron chi connectivity index (χ3n) is 4.75. The van der Waals surface area contributed by atoms with Gasteiger partial charge in [-0.25, -0.2) is 8.42 Å². The van der Waals surface area contributed by atoms with Crippen LogP contribution >= 0.6 is 0 Å². The Morgan fingerprint density at radius 2 is 1.08 bits per heavy atom. The Kier molecular flexibility index (Phi) is 20.5. The van der Waals surface area contributed by atoms with E-state index in [1.54, 1.807) is 0 Å². The molecular formula is C19H39NaO4S. The second-order valence-corrected chi connectivity index (χ2v) is 8.66. The Labute approximate surface area is 178 Å². The Balaban J connectivity index is 0. The topological polar surface area (TPSA) is 77.4 Å². The van der Waals surface area contributed by atoms with Gasteiger partial charge in [-0.15, -0.1) is 0 Å². The third-order valence-corrected chi connectivity index (χ3v) is 6.04. The first kappa shape index (κ1) is 28.1. The number of aliphatic hydroxyl groups is 1. The van der Waals surface area contributed by atoms with E-state index in [1.165, 1.54) is 38.5 Å². The summed E-state index contributed by atoms with van der Waals surface area (Å²) < 4.78 is 34.3. The summed E-state index contributed by atoms with van der Waals surface area (Å²) in [6.07, 6.45) is 13.8. The molecule has 0 heterocycles. The van der Waals surface area contributed by atoms with E-state index in [0.717, 1.165) is 38.5 Å². The van der Waals surface area contributed by atoms with E-state index in [2.05, 4.69) is 13.8 Å². The molecule has 0 aliphatic rings. The number of hydrogen-bond donors (Lipinski definition) is 1. The van der Waals surface area contributed by atoms with Gasteiger partial charge in [-0.2, -0.15) is 0 Å². The van der Waals surface area contributed by atoms with Crippen LogP contribution in [0, 0.1) is 0 Å². The van der Waals surface area contributed by atoms with Gasteiger partial charge in [-0.3, -0.25) is 0 Å². The molecule has 25 heavy (non-hydrogen) atoms. The fourth-order valence-electron chi connectivity index (χ4n) is 3.15. The van der Waals surface area contributed by atoms with Crippen LogP contribution in [0.2, 0.25) is 0 Å². The molecule has 2 unspecified atom stereocenters. The maximum Gasteiger partial charge on any atom is 1.00 e.